The molecule has 2 N–H and O–H groups in total. The first-order valence-corrected chi connectivity index (χ1v) is 8.04. The van der Waals surface area contributed by atoms with E-state index in [1.54, 1.807) is 37.3 Å². The number of fused-ring (bicyclic) bond motifs is 1. The Kier molecular flexibility index (Phi) is 5.40. The number of carbonyl (C=O) groups is 1. The summed E-state index contributed by atoms with van der Waals surface area (Å²) in [6.45, 7) is -0.351. The molecule has 1 heterocycles. The van der Waals surface area contributed by atoms with Gasteiger partial charge in [-0.2, -0.15) is 8.78 Å². The molecule has 0 radical (unpaired) electrons. The van der Waals surface area contributed by atoms with Crippen molar-refractivity contribution in [3.8, 4) is 17.2 Å². The average molecular weight is 364 g/mol. The Hall–Kier alpha value is -3.03. The molecule has 6 nitrogen and oxygen atoms in total. The highest BCUT2D eigenvalue weighted by atomic mass is 19.3. The molecular formula is C18H18F2N2O4. The van der Waals surface area contributed by atoms with E-state index in [-0.39, 0.29) is 11.4 Å². The Bertz CT molecular complexity index is 786. The first-order valence-electron chi connectivity index (χ1n) is 8.04. The largest absolute Gasteiger partial charge is 0.486 e. The molecule has 0 spiro atoms. The van der Waals surface area contributed by atoms with Gasteiger partial charge in [0.05, 0.1) is 5.69 Å². The van der Waals surface area contributed by atoms with Gasteiger partial charge < -0.3 is 24.8 Å². The fraction of sp³-hybridized carbons (Fsp3) is 0.278. The summed E-state index contributed by atoms with van der Waals surface area (Å²) in [7, 11) is 0. The number of halogens is 2. The van der Waals surface area contributed by atoms with E-state index in [9.17, 15) is 13.6 Å². The SMILES string of the molecule is CC(Nc1ccc2c(c1)OCCO2)C(=O)Nc1ccccc1OC(F)F. The van der Waals surface area contributed by atoms with Crippen LogP contribution in [-0.4, -0.2) is 31.8 Å². The average Bonchev–Trinajstić information content (AvgIpc) is 2.62. The van der Waals surface area contributed by atoms with Gasteiger partial charge in [0, 0.05) is 11.8 Å². The summed E-state index contributed by atoms with van der Waals surface area (Å²) in [4.78, 5) is 12.4. The molecule has 8 heteroatoms. The van der Waals surface area contributed by atoms with Crippen molar-refractivity contribution < 1.29 is 27.8 Å². The molecule has 3 rings (SSSR count). The second kappa shape index (κ2) is 7.90. The Morgan fingerprint density at radius 1 is 1.12 bits per heavy atom. The Morgan fingerprint density at radius 3 is 2.62 bits per heavy atom. The number of hydrogen-bond donors (Lipinski definition) is 2. The van der Waals surface area contributed by atoms with Gasteiger partial charge in [-0.3, -0.25) is 4.79 Å². The van der Waals surface area contributed by atoms with E-state index in [1.165, 1.54) is 12.1 Å². The molecule has 1 amide bonds. The molecule has 26 heavy (non-hydrogen) atoms. The molecule has 2 aromatic carbocycles. The summed E-state index contributed by atoms with van der Waals surface area (Å²) >= 11 is 0. The number of anilines is 2. The standard InChI is InChI=1S/C18H18F2N2O4/c1-11(21-12-6-7-15-16(10-12)25-9-8-24-15)17(23)22-13-4-2-3-5-14(13)26-18(19)20/h2-7,10-11,18,21H,8-9H2,1H3,(H,22,23). The summed E-state index contributed by atoms with van der Waals surface area (Å²) < 4.78 is 40.3. The van der Waals surface area contributed by atoms with Crippen molar-refractivity contribution in [2.75, 3.05) is 23.8 Å². The first-order chi connectivity index (χ1) is 12.5. The van der Waals surface area contributed by atoms with Crippen LogP contribution in [0.5, 0.6) is 17.2 Å². The molecule has 2 aromatic rings. The van der Waals surface area contributed by atoms with Gasteiger partial charge >= 0.3 is 6.61 Å². The van der Waals surface area contributed by atoms with Gasteiger partial charge in [-0.05, 0) is 31.2 Å². The van der Waals surface area contributed by atoms with Crippen LogP contribution in [0.25, 0.3) is 0 Å². The van der Waals surface area contributed by atoms with Gasteiger partial charge in [-0.15, -0.1) is 0 Å². The maximum atomic E-state index is 12.5. The maximum Gasteiger partial charge on any atom is 0.387 e. The van der Waals surface area contributed by atoms with Crippen LogP contribution in [0.3, 0.4) is 0 Å². The molecule has 0 bridgehead atoms. The van der Waals surface area contributed by atoms with Crippen LogP contribution in [0.1, 0.15) is 6.92 Å². The number of ether oxygens (including phenoxy) is 3. The van der Waals surface area contributed by atoms with Crippen LogP contribution in [0.2, 0.25) is 0 Å². The van der Waals surface area contributed by atoms with Crippen molar-refractivity contribution in [3.63, 3.8) is 0 Å². The van der Waals surface area contributed by atoms with E-state index in [0.717, 1.165) is 0 Å². The highest BCUT2D eigenvalue weighted by Crippen LogP contribution is 2.33. The summed E-state index contributed by atoms with van der Waals surface area (Å²) in [5.74, 6) is 0.758. The normalized spacial score (nSPS) is 13.8. The second-order valence-corrected chi connectivity index (χ2v) is 5.59. The lowest BCUT2D eigenvalue weighted by molar-refractivity contribution is -0.116. The van der Waals surface area contributed by atoms with Crippen molar-refractivity contribution in [1.82, 2.24) is 0 Å². The Labute approximate surface area is 149 Å². The van der Waals surface area contributed by atoms with E-state index >= 15 is 0 Å². The van der Waals surface area contributed by atoms with Crippen molar-refractivity contribution in [2.45, 2.75) is 19.6 Å². The number of amides is 1. The summed E-state index contributed by atoms with van der Waals surface area (Å²) in [5.41, 5.74) is 0.850. The van der Waals surface area contributed by atoms with Gasteiger partial charge in [0.15, 0.2) is 11.5 Å². The molecule has 0 saturated heterocycles. The third-order valence-electron chi connectivity index (χ3n) is 3.68. The number of nitrogens with one attached hydrogen (secondary N) is 2. The molecule has 0 fully saturated rings. The fourth-order valence-electron chi connectivity index (χ4n) is 2.46. The van der Waals surface area contributed by atoms with Crippen molar-refractivity contribution in [1.29, 1.82) is 0 Å². The molecule has 1 aliphatic heterocycles. The minimum Gasteiger partial charge on any atom is -0.486 e. The van der Waals surface area contributed by atoms with E-state index < -0.39 is 18.6 Å². The lowest BCUT2D eigenvalue weighted by Gasteiger charge is -2.21. The van der Waals surface area contributed by atoms with Crippen molar-refractivity contribution in [2.24, 2.45) is 0 Å². The third-order valence-corrected chi connectivity index (χ3v) is 3.68. The van der Waals surface area contributed by atoms with Crippen LogP contribution in [0.4, 0.5) is 20.2 Å². The lowest BCUT2D eigenvalue weighted by Crippen LogP contribution is -2.32. The van der Waals surface area contributed by atoms with Gasteiger partial charge in [0.1, 0.15) is 25.0 Å². The van der Waals surface area contributed by atoms with E-state index in [1.807, 2.05) is 0 Å². The molecule has 0 aromatic heterocycles. The number of benzene rings is 2. The molecule has 0 aliphatic carbocycles. The number of rotatable bonds is 6. The molecular weight excluding hydrogens is 346 g/mol. The predicted molar refractivity (Wildman–Crippen MR) is 92.2 cm³/mol. The van der Waals surface area contributed by atoms with Gasteiger partial charge in [0.25, 0.3) is 0 Å². The highest BCUT2D eigenvalue weighted by molar-refractivity contribution is 5.97. The Balaban J connectivity index is 1.65. The number of hydrogen-bond acceptors (Lipinski definition) is 5. The zero-order valence-corrected chi connectivity index (χ0v) is 14.0. The van der Waals surface area contributed by atoms with E-state index in [0.29, 0.717) is 30.4 Å². The zero-order chi connectivity index (χ0) is 18.5. The number of carbonyl (C=O) groups excluding carboxylic acids is 1. The van der Waals surface area contributed by atoms with Crippen molar-refractivity contribution in [3.05, 3.63) is 42.5 Å². The molecule has 0 saturated carbocycles. The monoisotopic (exact) mass is 364 g/mol. The quantitative estimate of drug-likeness (QED) is 0.821. The fourth-order valence-corrected chi connectivity index (χ4v) is 2.46. The van der Waals surface area contributed by atoms with Gasteiger partial charge in [-0.25, -0.2) is 0 Å². The lowest BCUT2D eigenvalue weighted by atomic mass is 10.2. The van der Waals surface area contributed by atoms with Crippen molar-refractivity contribution >= 4 is 17.3 Å². The van der Waals surface area contributed by atoms with Gasteiger partial charge in [-0.1, -0.05) is 12.1 Å². The minimum atomic E-state index is -2.97. The maximum absolute atomic E-state index is 12.5. The van der Waals surface area contributed by atoms with Crippen LogP contribution in [0.15, 0.2) is 42.5 Å². The van der Waals surface area contributed by atoms with Crippen LogP contribution < -0.4 is 24.8 Å². The molecule has 1 atom stereocenters. The molecule has 138 valence electrons. The smallest absolute Gasteiger partial charge is 0.387 e. The highest BCUT2D eigenvalue weighted by Gasteiger charge is 2.18. The molecule has 1 aliphatic rings. The molecule has 1 unspecified atom stereocenters. The van der Waals surface area contributed by atoms with Gasteiger partial charge in [0.2, 0.25) is 5.91 Å². The number of para-hydroxylation sites is 2. The van der Waals surface area contributed by atoms with Crippen LogP contribution in [0, 0.1) is 0 Å². The summed E-state index contributed by atoms with van der Waals surface area (Å²) in [6, 6.07) is 10.7. The van der Waals surface area contributed by atoms with Crippen LogP contribution >= 0.6 is 0 Å². The summed E-state index contributed by atoms with van der Waals surface area (Å²) in [5, 5.41) is 5.62. The zero-order valence-electron chi connectivity index (χ0n) is 14.0. The first kappa shape index (κ1) is 17.8. The van der Waals surface area contributed by atoms with E-state index in [4.69, 9.17) is 9.47 Å². The number of alkyl halides is 2. The van der Waals surface area contributed by atoms with Crippen LogP contribution in [-0.2, 0) is 4.79 Å². The second-order valence-electron chi connectivity index (χ2n) is 5.59. The summed E-state index contributed by atoms with van der Waals surface area (Å²) in [6.07, 6.45) is 0. The predicted octanol–water partition coefficient (Wildman–Crippen LogP) is 3.50. The minimum absolute atomic E-state index is 0.0950. The third kappa shape index (κ3) is 4.33. The topological polar surface area (TPSA) is 68.8 Å². The van der Waals surface area contributed by atoms with E-state index in [2.05, 4.69) is 15.4 Å². The Morgan fingerprint density at radius 2 is 1.85 bits per heavy atom.